The monoisotopic (exact) mass is 432 g/mol. The van der Waals surface area contributed by atoms with Crippen LogP contribution >= 0.6 is 0 Å². The van der Waals surface area contributed by atoms with E-state index in [1.165, 1.54) is 12.1 Å². The minimum absolute atomic E-state index is 0.0221. The van der Waals surface area contributed by atoms with Crippen LogP contribution in [0.25, 0.3) is 22.4 Å². The van der Waals surface area contributed by atoms with Crippen LogP contribution < -0.4 is 5.32 Å². The number of pyridine rings is 1. The van der Waals surface area contributed by atoms with Crippen molar-refractivity contribution in [3.8, 4) is 22.4 Å². The molecule has 7 nitrogen and oxygen atoms in total. The highest BCUT2D eigenvalue weighted by Crippen LogP contribution is 2.32. The summed E-state index contributed by atoms with van der Waals surface area (Å²) in [5.41, 5.74) is 3.85. The molecule has 0 aliphatic heterocycles. The zero-order valence-corrected chi connectivity index (χ0v) is 18.7. The molecular weight excluding hydrogens is 404 g/mol. The minimum atomic E-state index is -0.431. The molecule has 0 aliphatic rings. The first-order valence-corrected chi connectivity index (χ1v) is 10.8. The maximum absolute atomic E-state index is 13.2. The van der Waals surface area contributed by atoms with Crippen molar-refractivity contribution < 1.29 is 9.72 Å². The lowest BCUT2D eigenvalue weighted by Crippen LogP contribution is -2.35. The SMILES string of the molecule is CCN(CC)CCNC(=O)c1c(-c2cccc([N+](=O)[O-])c2)cc(-c2ccccc2)nc1C. The third-order valence-corrected chi connectivity index (χ3v) is 5.47. The van der Waals surface area contributed by atoms with Gasteiger partial charge in [-0.25, -0.2) is 0 Å². The highest BCUT2D eigenvalue weighted by atomic mass is 16.6. The number of non-ortho nitro benzene ring substituents is 1. The van der Waals surface area contributed by atoms with Gasteiger partial charge in [-0.3, -0.25) is 19.9 Å². The molecule has 3 rings (SSSR count). The van der Waals surface area contributed by atoms with Gasteiger partial charge in [-0.05, 0) is 37.2 Å². The Morgan fingerprint density at radius 1 is 1.03 bits per heavy atom. The molecule has 0 saturated carbocycles. The summed E-state index contributed by atoms with van der Waals surface area (Å²) in [6, 6.07) is 17.9. The summed E-state index contributed by atoms with van der Waals surface area (Å²) in [7, 11) is 0. The van der Waals surface area contributed by atoms with Crippen molar-refractivity contribution in [2.75, 3.05) is 26.2 Å². The number of aromatic nitrogens is 1. The van der Waals surface area contributed by atoms with Gasteiger partial charge < -0.3 is 10.2 Å². The molecule has 0 radical (unpaired) electrons. The molecule has 32 heavy (non-hydrogen) atoms. The third-order valence-electron chi connectivity index (χ3n) is 5.47. The van der Waals surface area contributed by atoms with Crippen LogP contribution in [0.2, 0.25) is 0 Å². The van der Waals surface area contributed by atoms with Crippen molar-refractivity contribution in [3.63, 3.8) is 0 Å². The maximum Gasteiger partial charge on any atom is 0.270 e. The summed E-state index contributed by atoms with van der Waals surface area (Å²) < 4.78 is 0. The van der Waals surface area contributed by atoms with E-state index in [1.54, 1.807) is 19.1 Å². The van der Waals surface area contributed by atoms with Gasteiger partial charge in [0, 0.05) is 30.8 Å². The standard InChI is InChI=1S/C25H28N4O3/c1-4-28(5-2)15-14-26-25(30)24-18(3)27-23(19-10-7-6-8-11-19)17-22(24)20-12-9-13-21(16-20)29(31)32/h6-13,16-17H,4-5,14-15H2,1-3H3,(H,26,30). The van der Waals surface area contributed by atoms with E-state index in [-0.39, 0.29) is 11.6 Å². The minimum Gasteiger partial charge on any atom is -0.351 e. The topological polar surface area (TPSA) is 88.4 Å². The predicted molar refractivity (Wildman–Crippen MR) is 127 cm³/mol. The largest absolute Gasteiger partial charge is 0.351 e. The Labute approximate surface area is 188 Å². The Morgan fingerprint density at radius 2 is 1.72 bits per heavy atom. The lowest BCUT2D eigenvalue weighted by Gasteiger charge is -2.19. The molecular formula is C25H28N4O3. The van der Waals surface area contributed by atoms with Crippen LogP contribution in [0, 0.1) is 17.0 Å². The molecule has 0 fully saturated rings. The van der Waals surface area contributed by atoms with Gasteiger partial charge >= 0.3 is 0 Å². The highest BCUT2D eigenvalue weighted by Gasteiger charge is 2.20. The molecule has 0 saturated heterocycles. The predicted octanol–water partition coefficient (Wildman–Crippen LogP) is 4.70. The number of likely N-dealkylation sites (N-methyl/N-ethyl adjacent to an activating group) is 1. The third kappa shape index (κ3) is 5.36. The van der Waals surface area contributed by atoms with E-state index in [0.717, 1.165) is 25.2 Å². The molecule has 2 aromatic carbocycles. The normalized spacial score (nSPS) is 10.9. The number of amides is 1. The van der Waals surface area contributed by atoms with E-state index in [9.17, 15) is 14.9 Å². The van der Waals surface area contributed by atoms with Gasteiger partial charge in [0.15, 0.2) is 0 Å². The average molecular weight is 433 g/mol. The fourth-order valence-electron chi connectivity index (χ4n) is 3.69. The number of benzene rings is 2. The average Bonchev–Trinajstić information content (AvgIpc) is 2.81. The smallest absolute Gasteiger partial charge is 0.270 e. The Kier molecular flexibility index (Phi) is 7.68. The summed E-state index contributed by atoms with van der Waals surface area (Å²) >= 11 is 0. The number of aryl methyl sites for hydroxylation is 1. The Morgan fingerprint density at radius 3 is 2.38 bits per heavy atom. The number of carbonyl (C=O) groups excluding carboxylic acids is 1. The molecule has 1 heterocycles. The quantitative estimate of drug-likeness (QED) is 0.391. The number of hydrogen-bond acceptors (Lipinski definition) is 5. The van der Waals surface area contributed by atoms with Crippen LogP contribution in [0.4, 0.5) is 5.69 Å². The zero-order chi connectivity index (χ0) is 23.1. The Hall–Kier alpha value is -3.58. The van der Waals surface area contributed by atoms with Gasteiger partial charge in [0.05, 0.1) is 21.9 Å². The van der Waals surface area contributed by atoms with E-state index in [4.69, 9.17) is 0 Å². The van der Waals surface area contributed by atoms with Gasteiger partial charge in [-0.1, -0.05) is 56.3 Å². The molecule has 7 heteroatoms. The van der Waals surface area contributed by atoms with Gasteiger partial charge in [-0.2, -0.15) is 0 Å². The Bertz CT molecular complexity index is 1100. The fourth-order valence-corrected chi connectivity index (χ4v) is 3.69. The molecule has 166 valence electrons. The van der Waals surface area contributed by atoms with Crippen LogP contribution in [0.3, 0.4) is 0 Å². The molecule has 0 atom stereocenters. The van der Waals surface area contributed by atoms with Crippen molar-refractivity contribution in [1.82, 2.24) is 15.2 Å². The Balaban J connectivity index is 2.05. The molecule has 1 N–H and O–H groups in total. The van der Waals surface area contributed by atoms with Crippen LogP contribution in [0.5, 0.6) is 0 Å². The number of nitrogens with one attached hydrogen (secondary N) is 1. The van der Waals surface area contributed by atoms with Crippen LogP contribution in [-0.2, 0) is 0 Å². The van der Waals surface area contributed by atoms with Crippen molar-refractivity contribution in [3.05, 3.63) is 82.0 Å². The second-order valence-electron chi connectivity index (χ2n) is 7.47. The van der Waals surface area contributed by atoms with Crippen LogP contribution in [0.1, 0.15) is 29.9 Å². The molecule has 0 aliphatic carbocycles. The first-order valence-electron chi connectivity index (χ1n) is 10.8. The summed E-state index contributed by atoms with van der Waals surface area (Å²) in [4.78, 5) is 31.0. The maximum atomic E-state index is 13.2. The number of rotatable bonds is 9. The van der Waals surface area contributed by atoms with Gasteiger partial charge in [0.2, 0.25) is 0 Å². The zero-order valence-electron chi connectivity index (χ0n) is 18.7. The lowest BCUT2D eigenvalue weighted by atomic mass is 9.95. The summed E-state index contributed by atoms with van der Waals surface area (Å²) in [5, 5.41) is 14.3. The lowest BCUT2D eigenvalue weighted by molar-refractivity contribution is -0.384. The molecule has 0 unspecified atom stereocenters. The first kappa shape index (κ1) is 23.1. The van der Waals surface area contributed by atoms with Gasteiger partial charge in [0.1, 0.15) is 0 Å². The van der Waals surface area contributed by atoms with Crippen LogP contribution in [0.15, 0.2) is 60.7 Å². The number of carbonyl (C=O) groups is 1. The van der Waals surface area contributed by atoms with E-state index in [2.05, 4.69) is 29.0 Å². The summed E-state index contributed by atoms with van der Waals surface area (Å²) in [6.07, 6.45) is 0. The number of nitrogens with zero attached hydrogens (tertiary/aromatic N) is 3. The van der Waals surface area contributed by atoms with Crippen molar-refractivity contribution >= 4 is 11.6 Å². The molecule has 0 spiro atoms. The number of hydrogen-bond donors (Lipinski definition) is 1. The first-order chi connectivity index (χ1) is 15.4. The second kappa shape index (κ2) is 10.6. The van der Waals surface area contributed by atoms with Crippen molar-refractivity contribution in [1.29, 1.82) is 0 Å². The number of nitro benzene ring substituents is 1. The van der Waals surface area contributed by atoms with Gasteiger partial charge in [0.25, 0.3) is 11.6 Å². The molecule has 1 aromatic heterocycles. The summed E-state index contributed by atoms with van der Waals surface area (Å²) in [5.74, 6) is -0.233. The van der Waals surface area contributed by atoms with Gasteiger partial charge in [-0.15, -0.1) is 0 Å². The fraction of sp³-hybridized carbons (Fsp3) is 0.280. The number of nitro groups is 1. The molecule has 0 bridgehead atoms. The van der Waals surface area contributed by atoms with E-state index in [1.807, 2.05) is 36.4 Å². The van der Waals surface area contributed by atoms with Crippen LogP contribution in [-0.4, -0.2) is 46.9 Å². The molecule has 1 amide bonds. The highest BCUT2D eigenvalue weighted by molar-refractivity contribution is 6.02. The van der Waals surface area contributed by atoms with E-state index in [0.29, 0.717) is 34.6 Å². The summed E-state index contributed by atoms with van der Waals surface area (Å²) in [6.45, 7) is 9.06. The van der Waals surface area contributed by atoms with E-state index >= 15 is 0 Å². The van der Waals surface area contributed by atoms with Crippen molar-refractivity contribution in [2.45, 2.75) is 20.8 Å². The second-order valence-corrected chi connectivity index (χ2v) is 7.47. The molecule has 3 aromatic rings. The van der Waals surface area contributed by atoms with E-state index < -0.39 is 4.92 Å². The van der Waals surface area contributed by atoms with Crippen molar-refractivity contribution in [2.24, 2.45) is 0 Å².